The van der Waals surface area contributed by atoms with Crippen LogP contribution in [0, 0.1) is 0 Å². The second kappa shape index (κ2) is 3.96. The Hall–Kier alpha value is -0.450. The Morgan fingerprint density at radius 3 is 2.50 bits per heavy atom. The molecule has 1 saturated heterocycles. The van der Waals surface area contributed by atoms with Gasteiger partial charge in [-0.3, -0.25) is 0 Å². The second-order valence-corrected chi connectivity index (χ2v) is 4.33. The summed E-state index contributed by atoms with van der Waals surface area (Å²) in [7, 11) is 0. The molecule has 0 unspecified atom stereocenters. The monoisotopic (exact) mass is 202 g/mol. The van der Waals surface area contributed by atoms with Gasteiger partial charge in [0.25, 0.3) is 0 Å². The smallest absolute Gasteiger partial charge is 0.163 e. The van der Waals surface area contributed by atoms with Crippen molar-refractivity contribution < 1.29 is 19.4 Å². The standard InChI is InChI=1S/C10H18O4/c1-8(12)4-5-10(6-11)7-13-9(2,3)14-10/h11H,4-7H2,1-3H3/t10-/m1/s1. The summed E-state index contributed by atoms with van der Waals surface area (Å²) in [6, 6.07) is 0. The van der Waals surface area contributed by atoms with Crippen molar-refractivity contribution in [1.82, 2.24) is 0 Å². The summed E-state index contributed by atoms with van der Waals surface area (Å²) in [4.78, 5) is 10.8. The molecule has 1 fully saturated rings. The number of hydrogen-bond acceptors (Lipinski definition) is 4. The first-order valence-electron chi connectivity index (χ1n) is 4.84. The van der Waals surface area contributed by atoms with Gasteiger partial charge in [-0.2, -0.15) is 0 Å². The maximum absolute atomic E-state index is 10.8. The summed E-state index contributed by atoms with van der Waals surface area (Å²) in [6.07, 6.45) is 0.933. The van der Waals surface area contributed by atoms with Gasteiger partial charge < -0.3 is 19.4 Å². The molecular formula is C10H18O4. The van der Waals surface area contributed by atoms with Crippen molar-refractivity contribution in [2.75, 3.05) is 13.2 Å². The fourth-order valence-electron chi connectivity index (χ4n) is 1.57. The van der Waals surface area contributed by atoms with Gasteiger partial charge in [0.1, 0.15) is 11.4 Å². The third-order valence-electron chi connectivity index (χ3n) is 2.37. The molecule has 0 spiro atoms. The van der Waals surface area contributed by atoms with Gasteiger partial charge in [-0.05, 0) is 27.2 Å². The van der Waals surface area contributed by atoms with Crippen LogP contribution in [0.25, 0.3) is 0 Å². The van der Waals surface area contributed by atoms with E-state index in [4.69, 9.17) is 9.47 Å². The number of ketones is 1. The van der Waals surface area contributed by atoms with Crippen LogP contribution in [0.15, 0.2) is 0 Å². The summed E-state index contributed by atoms with van der Waals surface area (Å²) < 4.78 is 11.0. The topological polar surface area (TPSA) is 55.8 Å². The SMILES string of the molecule is CC(=O)CC[C@@]1(CO)COC(C)(C)O1. The Bertz CT molecular complexity index is 224. The lowest BCUT2D eigenvalue weighted by molar-refractivity contribution is -0.171. The molecule has 1 atom stereocenters. The van der Waals surface area contributed by atoms with Gasteiger partial charge in [-0.15, -0.1) is 0 Å². The number of aliphatic hydroxyl groups excluding tert-OH is 1. The fourth-order valence-corrected chi connectivity index (χ4v) is 1.57. The number of aliphatic hydroxyl groups is 1. The van der Waals surface area contributed by atoms with E-state index in [1.54, 1.807) is 13.8 Å². The van der Waals surface area contributed by atoms with E-state index >= 15 is 0 Å². The maximum Gasteiger partial charge on any atom is 0.163 e. The van der Waals surface area contributed by atoms with Crippen LogP contribution in [0.3, 0.4) is 0 Å². The molecule has 0 aliphatic carbocycles. The molecule has 1 N–H and O–H groups in total. The largest absolute Gasteiger partial charge is 0.393 e. The van der Waals surface area contributed by atoms with Crippen molar-refractivity contribution in [3.63, 3.8) is 0 Å². The number of Topliss-reactive ketones (excluding diaryl/α,β-unsaturated/α-hetero) is 1. The van der Waals surface area contributed by atoms with Crippen molar-refractivity contribution in [3.8, 4) is 0 Å². The average molecular weight is 202 g/mol. The first-order chi connectivity index (χ1) is 6.39. The molecule has 82 valence electrons. The number of carbonyl (C=O) groups excluding carboxylic acids is 1. The van der Waals surface area contributed by atoms with Gasteiger partial charge in [0.15, 0.2) is 5.79 Å². The lowest BCUT2D eigenvalue weighted by Crippen LogP contribution is -2.38. The Morgan fingerprint density at radius 1 is 1.50 bits per heavy atom. The first kappa shape index (κ1) is 11.6. The highest BCUT2D eigenvalue weighted by Gasteiger charge is 2.44. The highest BCUT2D eigenvalue weighted by molar-refractivity contribution is 5.75. The van der Waals surface area contributed by atoms with Crippen LogP contribution in [0.2, 0.25) is 0 Å². The molecule has 1 aliphatic rings. The molecule has 0 radical (unpaired) electrons. The first-order valence-corrected chi connectivity index (χ1v) is 4.84. The van der Waals surface area contributed by atoms with Gasteiger partial charge >= 0.3 is 0 Å². The summed E-state index contributed by atoms with van der Waals surface area (Å²) in [6.45, 7) is 5.38. The maximum atomic E-state index is 10.8. The van der Waals surface area contributed by atoms with Gasteiger partial charge in [-0.1, -0.05) is 0 Å². The third-order valence-corrected chi connectivity index (χ3v) is 2.37. The summed E-state index contributed by atoms with van der Waals surface area (Å²) in [5, 5.41) is 9.25. The van der Waals surface area contributed by atoms with Gasteiger partial charge in [0.05, 0.1) is 13.2 Å². The summed E-state index contributed by atoms with van der Waals surface area (Å²) >= 11 is 0. The Morgan fingerprint density at radius 2 is 2.14 bits per heavy atom. The van der Waals surface area contributed by atoms with Gasteiger partial charge in [0, 0.05) is 6.42 Å². The minimum Gasteiger partial charge on any atom is -0.393 e. The molecule has 1 rings (SSSR count). The number of rotatable bonds is 4. The van der Waals surface area contributed by atoms with Crippen LogP contribution in [0.4, 0.5) is 0 Å². The molecular weight excluding hydrogens is 184 g/mol. The van der Waals surface area contributed by atoms with Crippen LogP contribution in [-0.2, 0) is 14.3 Å². The predicted molar refractivity (Wildman–Crippen MR) is 50.8 cm³/mol. The zero-order chi connectivity index (χ0) is 10.8. The van der Waals surface area contributed by atoms with Crippen molar-refractivity contribution in [3.05, 3.63) is 0 Å². The third kappa shape index (κ3) is 2.77. The number of hydrogen-bond donors (Lipinski definition) is 1. The molecule has 4 nitrogen and oxygen atoms in total. The summed E-state index contributed by atoms with van der Waals surface area (Å²) in [5.74, 6) is -0.550. The fraction of sp³-hybridized carbons (Fsp3) is 0.900. The van der Waals surface area contributed by atoms with E-state index in [2.05, 4.69) is 0 Å². The second-order valence-electron chi connectivity index (χ2n) is 4.33. The van der Waals surface area contributed by atoms with Crippen molar-refractivity contribution >= 4 is 5.78 Å². The van der Waals surface area contributed by atoms with Crippen LogP contribution >= 0.6 is 0 Å². The van der Waals surface area contributed by atoms with E-state index in [1.165, 1.54) is 6.92 Å². The van der Waals surface area contributed by atoms with Crippen LogP contribution in [-0.4, -0.2) is 35.5 Å². The molecule has 1 aliphatic heterocycles. The zero-order valence-electron chi connectivity index (χ0n) is 9.00. The van der Waals surface area contributed by atoms with Crippen LogP contribution in [0.1, 0.15) is 33.6 Å². The quantitative estimate of drug-likeness (QED) is 0.735. The lowest BCUT2D eigenvalue weighted by Gasteiger charge is -2.26. The minimum atomic E-state index is -0.685. The van der Waals surface area contributed by atoms with Gasteiger partial charge in [-0.25, -0.2) is 0 Å². The molecule has 0 aromatic heterocycles. The summed E-state index contributed by atoms with van der Waals surface area (Å²) in [5.41, 5.74) is -0.685. The molecule has 4 heteroatoms. The minimum absolute atomic E-state index is 0.103. The van der Waals surface area contributed by atoms with Crippen LogP contribution in [0.5, 0.6) is 0 Å². The predicted octanol–water partition coefficient (Wildman–Crippen LogP) is 0.870. The highest BCUT2D eigenvalue weighted by Crippen LogP contribution is 2.33. The molecule has 14 heavy (non-hydrogen) atoms. The molecule has 0 bridgehead atoms. The van der Waals surface area contributed by atoms with E-state index in [9.17, 15) is 9.90 Å². The Balaban J connectivity index is 2.56. The average Bonchev–Trinajstić information content (AvgIpc) is 2.40. The van der Waals surface area contributed by atoms with Gasteiger partial charge in [0.2, 0.25) is 0 Å². The molecule has 1 heterocycles. The van der Waals surface area contributed by atoms with Crippen LogP contribution < -0.4 is 0 Å². The molecule has 0 aromatic carbocycles. The van der Waals surface area contributed by atoms with E-state index in [-0.39, 0.29) is 12.4 Å². The number of ether oxygens (including phenoxy) is 2. The van der Waals surface area contributed by atoms with E-state index in [0.717, 1.165) is 0 Å². The Kier molecular flexibility index (Phi) is 3.29. The molecule has 0 amide bonds. The van der Waals surface area contributed by atoms with Crippen molar-refractivity contribution in [2.24, 2.45) is 0 Å². The lowest BCUT2D eigenvalue weighted by atomic mass is 9.98. The van der Waals surface area contributed by atoms with E-state index in [0.29, 0.717) is 19.4 Å². The number of carbonyl (C=O) groups is 1. The van der Waals surface area contributed by atoms with Crippen molar-refractivity contribution in [2.45, 2.75) is 45.0 Å². The highest BCUT2D eigenvalue weighted by atomic mass is 16.8. The normalized spacial score (nSPS) is 30.6. The molecule has 0 aromatic rings. The molecule has 0 saturated carbocycles. The van der Waals surface area contributed by atoms with E-state index in [1.807, 2.05) is 0 Å². The zero-order valence-corrected chi connectivity index (χ0v) is 9.00. The van der Waals surface area contributed by atoms with E-state index < -0.39 is 11.4 Å². The van der Waals surface area contributed by atoms with Crippen molar-refractivity contribution in [1.29, 1.82) is 0 Å². The Labute approximate surface area is 84.2 Å².